The zero-order valence-electron chi connectivity index (χ0n) is 20.0. The summed E-state index contributed by atoms with van der Waals surface area (Å²) in [6.07, 6.45) is 0. The third-order valence-electron chi connectivity index (χ3n) is 6.43. The topological polar surface area (TPSA) is 64.6 Å². The number of hydrogen-bond acceptors (Lipinski definition) is 5. The average molecular weight is 599 g/mol. The molecule has 0 aromatic heterocycles. The van der Waals surface area contributed by atoms with Gasteiger partial charge in [0.15, 0.2) is 5.78 Å². The Morgan fingerprint density at radius 2 is 1.81 bits per heavy atom. The molecular weight excluding hydrogens is 577 g/mol. The maximum Gasteiger partial charge on any atom is 0.336 e. The van der Waals surface area contributed by atoms with Gasteiger partial charge in [-0.05, 0) is 59.6 Å². The Hall–Kier alpha value is -3.06. The van der Waals surface area contributed by atoms with E-state index in [1.54, 1.807) is 19.1 Å². The number of hydrogen-bond donors (Lipinski definition) is 1. The highest BCUT2D eigenvalue weighted by Crippen LogP contribution is 2.47. The van der Waals surface area contributed by atoms with Crippen LogP contribution in [0.1, 0.15) is 46.8 Å². The van der Waals surface area contributed by atoms with Crippen molar-refractivity contribution in [2.24, 2.45) is 0 Å². The van der Waals surface area contributed by atoms with Crippen molar-refractivity contribution in [3.63, 3.8) is 0 Å². The van der Waals surface area contributed by atoms with Crippen molar-refractivity contribution in [2.45, 2.75) is 26.4 Å². The van der Waals surface area contributed by atoms with Crippen molar-refractivity contribution >= 4 is 56.6 Å². The Morgan fingerprint density at radius 3 is 2.51 bits per heavy atom. The van der Waals surface area contributed by atoms with Crippen molar-refractivity contribution in [2.75, 3.05) is 6.61 Å². The number of nitrogens with one attached hydrogen (secondary N) is 1. The molecule has 3 aromatic carbocycles. The molecule has 1 N–H and O–H groups in total. The molecule has 0 fully saturated rings. The van der Waals surface area contributed by atoms with Gasteiger partial charge >= 0.3 is 5.97 Å². The third kappa shape index (κ3) is 4.70. The molecule has 1 heterocycles. The monoisotopic (exact) mass is 597 g/mol. The first kappa shape index (κ1) is 25.6. The molecule has 0 spiro atoms. The molecule has 0 radical (unpaired) electrons. The van der Waals surface area contributed by atoms with Crippen LogP contribution in [0.15, 0.2) is 82.0 Å². The van der Waals surface area contributed by atoms with Crippen LogP contribution in [0.2, 0.25) is 10.0 Å². The number of benzene rings is 3. The molecule has 1 aliphatic heterocycles. The molecule has 0 bridgehead atoms. The van der Waals surface area contributed by atoms with Gasteiger partial charge in [0.1, 0.15) is 12.4 Å². The first-order valence-corrected chi connectivity index (χ1v) is 13.2. The number of ketones is 1. The van der Waals surface area contributed by atoms with E-state index in [2.05, 4.69) is 21.2 Å². The lowest BCUT2D eigenvalue weighted by Crippen LogP contribution is -2.29. The van der Waals surface area contributed by atoms with E-state index in [-0.39, 0.29) is 19.0 Å². The average Bonchev–Trinajstić information content (AvgIpc) is 3.15. The van der Waals surface area contributed by atoms with E-state index in [4.69, 9.17) is 32.7 Å². The second-order valence-corrected chi connectivity index (χ2v) is 10.4. The highest BCUT2D eigenvalue weighted by Gasteiger charge is 2.43. The minimum absolute atomic E-state index is 0.105. The predicted molar refractivity (Wildman–Crippen MR) is 148 cm³/mol. The summed E-state index contributed by atoms with van der Waals surface area (Å²) in [7, 11) is 0. The Morgan fingerprint density at radius 1 is 1.05 bits per heavy atom. The van der Waals surface area contributed by atoms with E-state index in [1.165, 1.54) is 0 Å². The van der Waals surface area contributed by atoms with E-state index < -0.39 is 11.9 Å². The van der Waals surface area contributed by atoms with Gasteiger partial charge in [0.05, 0.1) is 22.3 Å². The van der Waals surface area contributed by atoms with Crippen LogP contribution in [-0.2, 0) is 16.1 Å². The van der Waals surface area contributed by atoms with Crippen LogP contribution in [0.25, 0.3) is 5.70 Å². The second-order valence-electron chi connectivity index (χ2n) is 8.69. The number of carbonyl (C=O) groups excluding carboxylic acids is 2. The summed E-state index contributed by atoms with van der Waals surface area (Å²) >= 11 is 15.9. The second kappa shape index (κ2) is 10.4. The Balaban J connectivity index is 1.53. The van der Waals surface area contributed by atoms with Crippen LogP contribution >= 0.6 is 39.1 Å². The van der Waals surface area contributed by atoms with Gasteiger partial charge in [0.2, 0.25) is 0 Å². The summed E-state index contributed by atoms with van der Waals surface area (Å²) in [6, 6.07) is 18.3. The smallest absolute Gasteiger partial charge is 0.336 e. The van der Waals surface area contributed by atoms with Gasteiger partial charge in [-0.3, -0.25) is 4.79 Å². The number of halogens is 3. The van der Waals surface area contributed by atoms with Crippen LogP contribution in [0.5, 0.6) is 5.75 Å². The number of rotatable bonds is 6. The fraction of sp³-hybridized carbons (Fsp3) is 0.172. The van der Waals surface area contributed by atoms with Crippen LogP contribution in [-0.4, -0.2) is 18.4 Å². The molecule has 0 saturated carbocycles. The molecule has 0 saturated heterocycles. The molecular formula is C29H22BrCl2NO4. The lowest BCUT2D eigenvalue weighted by atomic mass is 9.80. The molecule has 5 nitrogen and oxygen atoms in total. The fourth-order valence-corrected chi connectivity index (χ4v) is 5.72. The van der Waals surface area contributed by atoms with Crippen LogP contribution in [0, 0.1) is 0 Å². The highest BCUT2D eigenvalue weighted by atomic mass is 79.9. The molecule has 1 atom stereocenters. The standard InChI is InChI=1S/C29H22BrCl2NO4/c1-3-36-29(35)24-15(2)33-27-19-6-4-5-7-20(19)28(34)26(27)25(24)16-9-11-23(21(30)12-16)37-14-17-8-10-18(31)13-22(17)32/h4-13,25,33H,3,14H2,1-2H3/t25-/m0/s1. The number of dihydropyridines is 1. The molecule has 1 aliphatic carbocycles. The van der Waals surface area contributed by atoms with Crippen molar-refractivity contribution < 1.29 is 19.1 Å². The zero-order chi connectivity index (χ0) is 26.3. The van der Waals surface area contributed by atoms with Gasteiger partial charge in [-0.1, -0.05) is 59.6 Å². The van der Waals surface area contributed by atoms with Crippen LogP contribution < -0.4 is 10.1 Å². The lowest BCUT2D eigenvalue weighted by Gasteiger charge is -2.29. The molecule has 0 amide bonds. The van der Waals surface area contributed by atoms with E-state index in [9.17, 15) is 9.59 Å². The van der Waals surface area contributed by atoms with Gasteiger partial charge in [-0.25, -0.2) is 4.79 Å². The summed E-state index contributed by atoms with van der Waals surface area (Å²) < 4.78 is 12.1. The van der Waals surface area contributed by atoms with Gasteiger partial charge < -0.3 is 14.8 Å². The maximum atomic E-state index is 13.6. The normalized spacial score (nSPS) is 16.4. The molecule has 188 valence electrons. The molecule has 0 unspecified atom stereocenters. The number of fused-ring (bicyclic) bond motifs is 2. The van der Waals surface area contributed by atoms with Gasteiger partial charge in [-0.2, -0.15) is 0 Å². The number of allylic oxidation sites excluding steroid dienone is 2. The summed E-state index contributed by atoms with van der Waals surface area (Å²) in [5.41, 5.74) is 5.33. The molecule has 5 rings (SSSR count). The maximum absolute atomic E-state index is 13.6. The Bertz CT molecular complexity index is 1510. The van der Waals surface area contributed by atoms with E-state index in [0.717, 1.165) is 22.4 Å². The Labute approximate surface area is 233 Å². The highest BCUT2D eigenvalue weighted by molar-refractivity contribution is 9.10. The molecule has 2 aliphatic rings. The van der Waals surface area contributed by atoms with E-state index >= 15 is 0 Å². The zero-order valence-corrected chi connectivity index (χ0v) is 23.1. The summed E-state index contributed by atoms with van der Waals surface area (Å²) in [5, 5.41) is 4.38. The van der Waals surface area contributed by atoms with Gasteiger partial charge in [0, 0.05) is 43.9 Å². The van der Waals surface area contributed by atoms with Crippen molar-refractivity contribution in [3.8, 4) is 5.75 Å². The van der Waals surface area contributed by atoms with E-state index in [0.29, 0.717) is 42.7 Å². The third-order valence-corrected chi connectivity index (χ3v) is 7.64. The van der Waals surface area contributed by atoms with Crippen LogP contribution in [0.4, 0.5) is 0 Å². The first-order valence-electron chi connectivity index (χ1n) is 11.7. The lowest BCUT2D eigenvalue weighted by molar-refractivity contribution is -0.138. The first-order chi connectivity index (χ1) is 17.8. The molecule has 37 heavy (non-hydrogen) atoms. The quantitative estimate of drug-likeness (QED) is 0.298. The van der Waals surface area contributed by atoms with Gasteiger partial charge in [0.25, 0.3) is 0 Å². The SMILES string of the molecule is CCOC(=O)C1=C(C)NC2=C(C(=O)c3ccccc32)[C@H]1c1ccc(OCc2ccc(Cl)cc2Cl)c(Br)c1. The summed E-state index contributed by atoms with van der Waals surface area (Å²) in [4.78, 5) is 26.7. The van der Waals surface area contributed by atoms with E-state index in [1.807, 2.05) is 55.5 Å². The molecule has 3 aromatic rings. The minimum atomic E-state index is -0.605. The summed E-state index contributed by atoms with van der Waals surface area (Å²) in [5.74, 6) is -0.573. The van der Waals surface area contributed by atoms with Crippen molar-refractivity contribution in [1.82, 2.24) is 5.32 Å². The Kier molecular flexibility index (Phi) is 7.17. The number of ether oxygens (including phenoxy) is 2. The van der Waals surface area contributed by atoms with Gasteiger partial charge in [-0.15, -0.1) is 0 Å². The molecule has 8 heteroatoms. The largest absolute Gasteiger partial charge is 0.488 e. The summed E-state index contributed by atoms with van der Waals surface area (Å²) in [6.45, 7) is 4.07. The van der Waals surface area contributed by atoms with Crippen LogP contribution in [0.3, 0.4) is 0 Å². The number of Topliss-reactive ketones (excluding diaryl/α,β-unsaturated/α-hetero) is 1. The van der Waals surface area contributed by atoms with Crippen molar-refractivity contribution in [3.05, 3.63) is 114 Å². The fourth-order valence-electron chi connectivity index (χ4n) is 4.75. The van der Waals surface area contributed by atoms with Crippen molar-refractivity contribution in [1.29, 1.82) is 0 Å². The number of esters is 1. The number of carbonyl (C=O) groups is 2. The predicted octanol–water partition coefficient (Wildman–Crippen LogP) is 7.47. The minimum Gasteiger partial charge on any atom is -0.488 e.